The van der Waals surface area contributed by atoms with E-state index in [2.05, 4.69) is 9.88 Å². The normalized spacial score (nSPS) is 17.1. The molecule has 5 nitrogen and oxygen atoms in total. The predicted molar refractivity (Wildman–Crippen MR) is 78.3 cm³/mol. The Bertz CT molecular complexity index is 464. The fourth-order valence-corrected chi connectivity index (χ4v) is 2.77. The van der Waals surface area contributed by atoms with E-state index < -0.39 is 0 Å². The molecule has 0 saturated carbocycles. The Hall–Kier alpha value is -0.880. The van der Waals surface area contributed by atoms with Crippen LogP contribution in [0.3, 0.4) is 0 Å². The summed E-state index contributed by atoms with van der Waals surface area (Å²) < 4.78 is 0. The molecule has 20 heavy (non-hydrogen) atoms. The molecule has 0 bridgehead atoms. The fraction of sp³-hybridized carbons (Fsp3) is 0.538. The Kier molecular flexibility index (Phi) is 5.60. The first-order valence-corrected chi connectivity index (χ1v) is 7.31. The summed E-state index contributed by atoms with van der Waals surface area (Å²) >= 11 is 11.7. The number of hydrogen-bond donors (Lipinski definition) is 1. The molecule has 1 fully saturated rings. The molecule has 0 radical (unpaired) electrons. The quantitative estimate of drug-likeness (QED) is 0.859. The highest BCUT2D eigenvalue weighted by atomic mass is 35.5. The van der Waals surface area contributed by atoms with Crippen LogP contribution in [0.4, 0.5) is 0 Å². The number of hydrogen-bond acceptors (Lipinski definition) is 4. The first-order chi connectivity index (χ1) is 9.60. The van der Waals surface area contributed by atoms with E-state index in [0.29, 0.717) is 25.2 Å². The van der Waals surface area contributed by atoms with Crippen molar-refractivity contribution in [1.82, 2.24) is 14.8 Å². The second-order valence-corrected chi connectivity index (χ2v) is 5.49. The molecule has 110 valence electrons. The molecule has 1 amide bonds. The number of aliphatic hydroxyl groups is 1. The van der Waals surface area contributed by atoms with Gasteiger partial charge in [0.05, 0.1) is 6.61 Å². The van der Waals surface area contributed by atoms with Crippen molar-refractivity contribution in [2.24, 2.45) is 0 Å². The average Bonchev–Trinajstić information content (AvgIpc) is 2.63. The smallest absolute Gasteiger partial charge is 0.254 e. The van der Waals surface area contributed by atoms with Gasteiger partial charge in [0.2, 0.25) is 0 Å². The molecule has 0 aliphatic carbocycles. The molecular weight excluding hydrogens is 301 g/mol. The molecule has 2 rings (SSSR count). The van der Waals surface area contributed by atoms with E-state index in [4.69, 9.17) is 28.3 Å². The highest BCUT2D eigenvalue weighted by Gasteiger charge is 2.20. The van der Waals surface area contributed by atoms with Gasteiger partial charge < -0.3 is 10.0 Å². The van der Waals surface area contributed by atoms with Crippen LogP contribution < -0.4 is 0 Å². The summed E-state index contributed by atoms with van der Waals surface area (Å²) in [6.07, 6.45) is 0.887. The van der Waals surface area contributed by atoms with E-state index >= 15 is 0 Å². The van der Waals surface area contributed by atoms with E-state index in [0.717, 1.165) is 19.5 Å². The number of carbonyl (C=O) groups is 1. The zero-order chi connectivity index (χ0) is 14.5. The van der Waals surface area contributed by atoms with Gasteiger partial charge in [0.25, 0.3) is 5.91 Å². The van der Waals surface area contributed by atoms with Crippen molar-refractivity contribution in [2.75, 3.05) is 39.3 Å². The second kappa shape index (κ2) is 7.22. The van der Waals surface area contributed by atoms with Gasteiger partial charge in [0.1, 0.15) is 10.3 Å². The molecule has 1 N–H and O–H groups in total. The number of carbonyl (C=O) groups excluding carboxylic acids is 1. The lowest BCUT2D eigenvalue weighted by molar-refractivity contribution is 0.0760. The molecule has 1 aromatic heterocycles. The summed E-state index contributed by atoms with van der Waals surface area (Å²) in [6.45, 7) is 3.77. The number of rotatable bonds is 3. The molecule has 1 saturated heterocycles. The summed E-state index contributed by atoms with van der Waals surface area (Å²) in [5, 5.41) is 9.41. The minimum Gasteiger partial charge on any atom is -0.395 e. The van der Waals surface area contributed by atoms with Crippen LogP contribution in [-0.2, 0) is 0 Å². The van der Waals surface area contributed by atoms with Crippen molar-refractivity contribution < 1.29 is 9.90 Å². The zero-order valence-electron chi connectivity index (χ0n) is 11.1. The maximum absolute atomic E-state index is 12.4. The highest BCUT2D eigenvalue weighted by molar-refractivity contribution is 6.33. The number of amides is 1. The first-order valence-electron chi connectivity index (χ1n) is 6.55. The van der Waals surface area contributed by atoms with E-state index in [9.17, 15) is 4.79 Å². The first kappa shape index (κ1) is 15.5. The Balaban J connectivity index is 2.05. The lowest BCUT2D eigenvalue weighted by Gasteiger charge is -2.21. The van der Waals surface area contributed by atoms with Gasteiger partial charge in [-0.2, -0.15) is 0 Å². The molecule has 0 unspecified atom stereocenters. The number of pyridine rings is 1. The van der Waals surface area contributed by atoms with Crippen molar-refractivity contribution in [3.8, 4) is 0 Å². The van der Waals surface area contributed by atoms with Gasteiger partial charge in [-0.05, 0) is 25.1 Å². The van der Waals surface area contributed by atoms with Crippen molar-refractivity contribution in [1.29, 1.82) is 0 Å². The summed E-state index contributed by atoms with van der Waals surface area (Å²) in [7, 11) is 0. The molecular formula is C13H17Cl2N3O2. The number of nitrogens with zero attached hydrogens (tertiary/aromatic N) is 3. The van der Waals surface area contributed by atoms with Crippen molar-refractivity contribution in [2.45, 2.75) is 6.42 Å². The lowest BCUT2D eigenvalue weighted by atomic mass is 10.2. The molecule has 1 aliphatic rings. The van der Waals surface area contributed by atoms with E-state index in [1.165, 1.54) is 12.1 Å². The molecule has 7 heteroatoms. The topological polar surface area (TPSA) is 56.7 Å². The van der Waals surface area contributed by atoms with Crippen LogP contribution in [0.25, 0.3) is 0 Å². The van der Waals surface area contributed by atoms with Gasteiger partial charge in [-0.25, -0.2) is 4.98 Å². The Labute approximate surface area is 128 Å². The van der Waals surface area contributed by atoms with Crippen LogP contribution >= 0.6 is 23.2 Å². The molecule has 0 aromatic carbocycles. The molecule has 0 atom stereocenters. The Morgan fingerprint density at radius 1 is 1.20 bits per heavy atom. The summed E-state index contributed by atoms with van der Waals surface area (Å²) in [6, 6.07) is 3.07. The lowest BCUT2D eigenvalue weighted by Crippen LogP contribution is -2.35. The van der Waals surface area contributed by atoms with Crippen LogP contribution in [0, 0.1) is 0 Å². The van der Waals surface area contributed by atoms with Crippen molar-refractivity contribution in [3.63, 3.8) is 0 Å². The maximum Gasteiger partial charge on any atom is 0.254 e. The Morgan fingerprint density at radius 2 is 1.90 bits per heavy atom. The maximum atomic E-state index is 12.4. The van der Waals surface area contributed by atoms with Crippen LogP contribution in [-0.4, -0.2) is 65.1 Å². The van der Waals surface area contributed by atoms with Gasteiger partial charge in [-0.1, -0.05) is 23.2 Å². The third-order valence-electron chi connectivity index (χ3n) is 3.30. The third-order valence-corrected chi connectivity index (χ3v) is 3.69. The fourth-order valence-electron chi connectivity index (χ4n) is 2.31. The van der Waals surface area contributed by atoms with Gasteiger partial charge >= 0.3 is 0 Å². The van der Waals surface area contributed by atoms with E-state index in [1.807, 2.05) is 0 Å². The van der Waals surface area contributed by atoms with E-state index in [-0.39, 0.29) is 22.8 Å². The van der Waals surface area contributed by atoms with Crippen LogP contribution in [0.5, 0.6) is 0 Å². The SMILES string of the molecule is O=C(c1cc(Cl)nc(Cl)c1)N1CCCN(CCO)CC1. The Morgan fingerprint density at radius 3 is 2.55 bits per heavy atom. The van der Waals surface area contributed by atoms with Gasteiger partial charge in [0, 0.05) is 31.7 Å². The molecule has 0 spiro atoms. The average molecular weight is 318 g/mol. The third kappa shape index (κ3) is 4.06. The molecule has 1 aliphatic heterocycles. The van der Waals surface area contributed by atoms with Gasteiger partial charge in [-0.3, -0.25) is 9.69 Å². The standard InChI is InChI=1S/C13H17Cl2N3O2/c14-11-8-10(9-12(15)16-11)13(20)18-3-1-2-17(4-5-18)6-7-19/h8-9,19H,1-7H2. The highest BCUT2D eigenvalue weighted by Crippen LogP contribution is 2.17. The van der Waals surface area contributed by atoms with Crippen LogP contribution in [0.2, 0.25) is 10.3 Å². The van der Waals surface area contributed by atoms with Crippen LogP contribution in [0.1, 0.15) is 16.8 Å². The molecule has 2 heterocycles. The summed E-state index contributed by atoms with van der Waals surface area (Å²) in [5.74, 6) is -0.0814. The number of aromatic nitrogens is 1. The van der Waals surface area contributed by atoms with Crippen molar-refractivity contribution >= 4 is 29.1 Å². The minimum absolute atomic E-state index is 0.0814. The monoisotopic (exact) mass is 317 g/mol. The number of halogens is 2. The largest absolute Gasteiger partial charge is 0.395 e. The number of β-amino-alcohol motifs (C(OH)–C–C–N with tert-alkyl or cyclic N) is 1. The minimum atomic E-state index is -0.0814. The van der Waals surface area contributed by atoms with Gasteiger partial charge in [0.15, 0.2) is 0 Å². The van der Waals surface area contributed by atoms with Crippen molar-refractivity contribution in [3.05, 3.63) is 28.0 Å². The number of aliphatic hydroxyl groups excluding tert-OH is 1. The molecule has 1 aromatic rings. The van der Waals surface area contributed by atoms with E-state index in [1.54, 1.807) is 4.90 Å². The predicted octanol–water partition coefficient (Wildman–Crippen LogP) is 1.53. The van der Waals surface area contributed by atoms with Crippen LogP contribution in [0.15, 0.2) is 12.1 Å². The summed E-state index contributed by atoms with van der Waals surface area (Å²) in [5.41, 5.74) is 0.464. The van der Waals surface area contributed by atoms with Gasteiger partial charge in [-0.15, -0.1) is 0 Å². The summed E-state index contributed by atoms with van der Waals surface area (Å²) in [4.78, 5) is 20.2. The zero-order valence-corrected chi connectivity index (χ0v) is 12.6. The second-order valence-electron chi connectivity index (χ2n) is 4.71.